The van der Waals surface area contributed by atoms with Crippen LogP contribution in [0.5, 0.6) is 0 Å². The number of hydrogen-bond acceptors (Lipinski definition) is 0. The average molecular weight is 142 g/mol. The van der Waals surface area contributed by atoms with Crippen LogP contribution in [-0.2, 0) is 0 Å². The molecule has 0 aromatic carbocycles. The molecule has 1 aliphatic carbocycles. The predicted octanol–water partition coefficient (Wildman–Crippen LogP) is 3.04. The first-order valence-corrected chi connectivity index (χ1v) is 3.10. The van der Waals surface area contributed by atoms with E-state index in [2.05, 4.69) is 0 Å². The molecule has 0 unspecified atom stereocenters. The lowest BCUT2D eigenvalue weighted by atomic mass is 10.2. The first-order chi connectivity index (χ1) is 4.70. The minimum absolute atomic E-state index is 0.474. The summed E-state index contributed by atoms with van der Waals surface area (Å²) in [5, 5.41) is 0. The summed E-state index contributed by atoms with van der Waals surface area (Å²) in [4.78, 5) is 0. The maximum atomic E-state index is 12.6. The number of allylic oxidation sites excluding steroid dienone is 6. The highest BCUT2D eigenvalue weighted by molar-refractivity contribution is 5.32. The Hall–Kier alpha value is -0.920. The second kappa shape index (κ2) is 2.78. The Morgan fingerprint density at radius 1 is 1.30 bits per heavy atom. The van der Waals surface area contributed by atoms with Gasteiger partial charge in [-0.1, -0.05) is 6.08 Å². The highest BCUT2D eigenvalue weighted by Gasteiger charge is 2.02. The van der Waals surface area contributed by atoms with Gasteiger partial charge in [0.05, 0.1) is 0 Å². The van der Waals surface area contributed by atoms with E-state index >= 15 is 0 Å². The minimum Gasteiger partial charge on any atom is -0.207 e. The summed E-state index contributed by atoms with van der Waals surface area (Å²) in [6.45, 7) is 1.62. The molecule has 0 N–H and O–H groups in total. The van der Waals surface area contributed by atoms with Gasteiger partial charge in [0, 0.05) is 6.08 Å². The Morgan fingerprint density at radius 2 is 2.00 bits per heavy atom. The summed E-state index contributed by atoms with van der Waals surface area (Å²) < 4.78 is 25.0. The molecule has 0 spiro atoms. The lowest BCUT2D eigenvalue weighted by molar-refractivity contribution is 0.624. The van der Waals surface area contributed by atoms with Crippen LogP contribution in [0.2, 0.25) is 0 Å². The first-order valence-electron chi connectivity index (χ1n) is 3.10. The SMILES string of the molecule is CC1=CCC=C(F)C=C1F. The normalized spacial score (nSPS) is 18.9. The van der Waals surface area contributed by atoms with Gasteiger partial charge in [-0.2, -0.15) is 0 Å². The standard InChI is InChI=1S/C8H8F2/c1-6-3-2-4-7(9)5-8(6)10/h3-5H,2H2,1H3. The molecule has 0 aliphatic heterocycles. The van der Waals surface area contributed by atoms with Gasteiger partial charge in [0.15, 0.2) is 0 Å². The van der Waals surface area contributed by atoms with Gasteiger partial charge in [0.1, 0.15) is 11.7 Å². The molecule has 0 saturated heterocycles. The molecule has 2 heteroatoms. The Kier molecular flexibility index (Phi) is 2.00. The molecule has 0 radical (unpaired) electrons. The topological polar surface area (TPSA) is 0 Å². The van der Waals surface area contributed by atoms with Gasteiger partial charge in [0.25, 0.3) is 0 Å². The summed E-state index contributed by atoms with van der Waals surface area (Å²) in [6.07, 6.45) is 4.37. The Balaban J connectivity index is 2.92. The van der Waals surface area contributed by atoms with Crippen molar-refractivity contribution in [1.29, 1.82) is 0 Å². The van der Waals surface area contributed by atoms with Crippen molar-refractivity contribution < 1.29 is 8.78 Å². The van der Waals surface area contributed by atoms with Crippen LogP contribution in [-0.4, -0.2) is 0 Å². The third kappa shape index (κ3) is 1.53. The van der Waals surface area contributed by atoms with E-state index in [0.717, 1.165) is 6.08 Å². The van der Waals surface area contributed by atoms with E-state index in [1.54, 1.807) is 13.0 Å². The van der Waals surface area contributed by atoms with Gasteiger partial charge < -0.3 is 0 Å². The van der Waals surface area contributed by atoms with Crippen LogP contribution in [0.25, 0.3) is 0 Å². The Morgan fingerprint density at radius 3 is 2.70 bits per heavy atom. The van der Waals surface area contributed by atoms with Crippen molar-refractivity contribution in [1.82, 2.24) is 0 Å². The summed E-state index contributed by atoms with van der Waals surface area (Å²) in [7, 11) is 0. The van der Waals surface area contributed by atoms with Gasteiger partial charge in [-0.25, -0.2) is 8.78 Å². The van der Waals surface area contributed by atoms with Crippen LogP contribution < -0.4 is 0 Å². The fourth-order valence-electron chi connectivity index (χ4n) is 0.740. The van der Waals surface area contributed by atoms with Crippen LogP contribution in [0.1, 0.15) is 13.3 Å². The molecule has 0 saturated carbocycles. The summed E-state index contributed by atoms with van der Waals surface area (Å²) in [6, 6.07) is 0. The van der Waals surface area contributed by atoms with E-state index < -0.39 is 11.7 Å². The van der Waals surface area contributed by atoms with E-state index in [-0.39, 0.29) is 0 Å². The first kappa shape index (κ1) is 7.19. The molecular weight excluding hydrogens is 134 g/mol. The fraction of sp³-hybridized carbons (Fsp3) is 0.250. The predicted molar refractivity (Wildman–Crippen MR) is 36.8 cm³/mol. The van der Waals surface area contributed by atoms with Crippen LogP contribution in [0, 0.1) is 0 Å². The van der Waals surface area contributed by atoms with Crippen LogP contribution in [0.3, 0.4) is 0 Å². The molecule has 0 nitrogen and oxygen atoms in total. The average Bonchev–Trinajstić information content (AvgIpc) is 1.96. The van der Waals surface area contributed by atoms with Crippen molar-refractivity contribution in [3.05, 3.63) is 35.5 Å². The van der Waals surface area contributed by atoms with Crippen molar-refractivity contribution in [3.8, 4) is 0 Å². The van der Waals surface area contributed by atoms with Crippen LogP contribution in [0.4, 0.5) is 8.78 Å². The second-order valence-electron chi connectivity index (χ2n) is 2.20. The zero-order chi connectivity index (χ0) is 7.56. The van der Waals surface area contributed by atoms with Crippen molar-refractivity contribution in [3.63, 3.8) is 0 Å². The van der Waals surface area contributed by atoms with Crippen molar-refractivity contribution in [2.24, 2.45) is 0 Å². The maximum absolute atomic E-state index is 12.6. The minimum atomic E-state index is -0.495. The molecule has 54 valence electrons. The molecule has 0 aromatic heterocycles. The quantitative estimate of drug-likeness (QED) is 0.487. The molecule has 10 heavy (non-hydrogen) atoms. The molecule has 0 amide bonds. The molecule has 0 fully saturated rings. The molecule has 1 rings (SSSR count). The fourth-order valence-corrected chi connectivity index (χ4v) is 0.740. The zero-order valence-corrected chi connectivity index (χ0v) is 5.70. The van der Waals surface area contributed by atoms with Crippen molar-refractivity contribution in [2.75, 3.05) is 0 Å². The van der Waals surface area contributed by atoms with Gasteiger partial charge in [0.2, 0.25) is 0 Å². The smallest absolute Gasteiger partial charge is 0.128 e. The molecule has 0 aromatic rings. The molecule has 0 heterocycles. The highest BCUT2D eigenvalue weighted by atomic mass is 19.1. The third-order valence-electron chi connectivity index (χ3n) is 1.38. The van der Waals surface area contributed by atoms with Gasteiger partial charge in [-0.15, -0.1) is 0 Å². The van der Waals surface area contributed by atoms with Gasteiger partial charge in [-0.3, -0.25) is 0 Å². The van der Waals surface area contributed by atoms with E-state index in [4.69, 9.17) is 0 Å². The monoisotopic (exact) mass is 142 g/mol. The molecule has 0 bridgehead atoms. The molecule has 1 aliphatic rings. The number of hydrogen-bond donors (Lipinski definition) is 0. The maximum Gasteiger partial charge on any atom is 0.128 e. The van der Waals surface area contributed by atoms with Crippen LogP contribution in [0.15, 0.2) is 35.5 Å². The lowest BCUT2D eigenvalue weighted by Crippen LogP contribution is -1.74. The van der Waals surface area contributed by atoms with Gasteiger partial charge in [-0.05, 0) is 25.0 Å². The van der Waals surface area contributed by atoms with Gasteiger partial charge >= 0.3 is 0 Å². The summed E-state index contributed by atoms with van der Waals surface area (Å²) >= 11 is 0. The summed E-state index contributed by atoms with van der Waals surface area (Å²) in [5.41, 5.74) is 0.504. The van der Waals surface area contributed by atoms with E-state index in [9.17, 15) is 8.78 Å². The number of halogens is 2. The molecular formula is C8H8F2. The Bertz CT molecular complexity index is 221. The highest BCUT2D eigenvalue weighted by Crippen LogP contribution is 2.18. The lowest BCUT2D eigenvalue weighted by Gasteiger charge is -1.90. The van der Waals surface area contributed by atoms with E-state index in [0.29, 0.717) is 12.0 Å². The summed E-state index contributed by atoms with van der Waals surface area (Å²) in [5.74, 6) is -0.975. The third-order valence-corrected chi connectivity index (χ3v) is 1.38. The van der Waals surface area contributed by atoms with Crippen LogP contribution >= 0.6 is 0 Å². The second-order valence-corrected chi connectivity index (χ2v) is 2.20. The largest absolute Gasteiger partial charge is 0.207 e. The van der Waals surface area contributed by atoms with Crippen molar-refractivity contribution in [2.45, 2.75) is 13.3 Å². The zero-order valence-electron chi connectivity index (χ0n) is 5.70. The van der Waals surface area contributed by atoms with E-state index in [1.807, 2.05) is 0 Å². The molecule has 0 atom stereocenters. The number of rotatable bonds is 0. The Labute approximate surface area is 58.6 Å². The van der Waals surface area contributed by atoms with E-state index in [1.165, 1.54) is 6.08 Å². The van der Waals surface area contributed by atoms with Crippen molar-refractivity contribution >= 4 is 0 Å².